The summed E-state index contributed by atoms with van der Waals surface area (Å²) in [6.45, 7) is 1.52. The average molecular weight is 374 g/mol. The van der Waals surface area contributed by atoms with Crippen LogP contribution in [0.25, 0.3) is 0 Å². The molecule has 3 aromatic rings. The van der Waals surface area contributed by atoms with Gasteiger partial charge in [0.2, 0.25) is 5.95 Å². The van der Waals surface area contributed by atoms with Gasteiger partial charge in [-0.2, -0.15) is 10.1 Å². The van der Waals surface area contributed by atoms with Crippen LogP contribution in [0.15, 0.2) is 48.7 Å². The lowest BCUT2D eigenvalue weighted by molar-refractivity contribution is 0.101. The van der Waals surface area contributed by atoms with Crippen LogP contribution < -0.4 is 10.6 Å². The van der Waals surface area contributed by atoms with Gasteiger partial charge >= 0.3 is 0 Å². The summed E-state index contributed by atoms with van der Waals surface area (Å²) in [4.78, 5) is 15.8. The van der Waals surface area contributed by atoms with Crippen LogP contribution >= 0.6 is 23.2 Å². The van der Waals surface area contributed by atoms with Crippen molar-refractivity contribution in [2.24, 2.45) is 0 Å². The Morgan fingerprint density at radius 1 is 1.08 bits per heavy atom. The number of rotatable bonds is 5. The van der Waals surface area contributed by atoms with Gasteiger partial charge < -0.3 is 10.6 Å². The van der Waals surface area contributed by atoms with Gasteiger partial charge in [-0.3, -0.25) is 4.79 Å². The van der Waals surface area contributed by atoms with Crippen LogP contribution in [-0.4, -0.2) is 21.0 Å². The summed E-state index contributed by atoms with van der Waals surface area (Å²) < 4.78 is 0. The number of carbonyl (C=O) groups is 1. The monoisotopic (exact) mass is 373 g/mol. The molecule has 0 radical (unpaired) electrons. The Morgan fingerprint density at radius 2 is 1.88 bits per heavy atom. The molecule has 3 rings (SSSR count). The first-order chi connectivity index (χ1) is 12.0. The molecule has 2 N–H and O–H groups in total. The van der Waals surface area contributed by atoms with Crippen molar-refractivity contribution in [3.63, 3.8) is 0 Å². The lowest BCUT2D eigenvalue weighted by Crippen LogP contribution is -2.03. The normalized spacial score (nSPS) is 10.4. The molecule has 0 spiro atoms. The smallest absolute Gasteiger partial charge is 0.249 e. The summed E-state index contributed by atoms with van der Waals surface area (Å²) in [6.07, 6.45) is 1.48. The van der Waals surface area contributed by atoms with Gasteiger partial charge in [0.1, 0.15) is 0 Å². The van der Waals surface area contributed by atoms with E-state index in [4.69, 9.17) is 23.2 Å². The number of Topliss-reactive ketones (excluding diaryl/α,β-unsaturated/α-hetero) is 1. The highest BCUT2D eigenvalue weighted by atomic mass is 35.5. The first kappa shape index (κ1) is 17.1. The molecule has 8 heteroatoms. The largest absolute Gasteiger partial charge is 0.339 e. The molecule has 0 atom stereocenters. The van der Waals surface area contributed by atoms with Crippen LogP contribution in [0.1, 0.15) is 17.3 Å². The molecular weight excluding hydrogens is 361 g/mol. The van der Waals surface area contributed by atoms with Crippen LogP contribution in [-0.2, 0) is 0 Å². The SMILES string of the molecule is CC(=O)c1cccc(Nc2cnnc(Nc3cccc(Cl)c3Cl)n2)c1. The number of hydrogen-bond donors (Lipinski definition) is 2. The third-order valence-electron chi connectivity index (χ3n) is 3.30. The molecule has 1 aromatic heterocycles. The predicted molar refractivity (Wildman–Crippen MR) is 99.3 cm³/mol. The maximum atomic E-state index is 11.5. The van der Waals surface area contributed by atoms with E-state index in [1.807, 2.05) is 6.07 Å². The number of carbonyl (C=O) groups excluding carboxylic acids is 1. The second kappa shape index (κ2) is 7.46. The second-order valence-corrected chi connectivity index (χ2v) is 5.94. The van der Waals surface area contributed by atoms with Crippen molar-refractivity contribution in [1.29, 1.82) is 0 Å². The van der Waals surface area contributed by atoms with Gasteiger partial charge in [0.05, 0.1) is 21.9 Å². The minimum absolute atomic E-state index is 0.0117. The van der Waals surface area contributed by atoms with E-state index in [1.54, 1.807) is 36.4 Å². The molecule has 6 nitrogen and oxygen atoms in total. The zero-order valence-electron chi connectivity index (χ0n) is 13.1. The van der Waals surface area contributed by atoms with E-state index in [9.17, 15) is 4.79 Å². The van der Waals surface area contributed by atoms with Crippen LogP contribution in [0.2, 0.25) is 10.0 Å². The van der Waals surface area contributed by atoms with Crippen LogP contribution in [0, 0.1) is 0 Å². The Hall–Kier alpha value is -2.70. The Labute approximate surface area is 154 Å². The minimum atomic E-state index is -0.0117. The molecule has 0 saturated heterocycles. The molecule has 0 aliphatic rings. The fourth-order valence-electron chi connectivity index (χ4n) is 2.10. The maximum absolute atomic E-state index is 11.5. The van der Waals surface area contributed by atoms with Crippen molar-refractivity contribution in [3.05, 3.63) is 64.3 Å². The van der Waals surface area contributed by atoms with Crippen molar-refractivity contribution in [2.45, 2.75) is 6.92 Å². The number of ketones is 1. The van der Waals surface area contributed by atoms with Crippen molar-refractivity contribution in [3.8, 4) is 0 Å². The fraction of sp³-hybridized carbons (Fsp3) is 0.0588. The topological polar surface area (TPSA) is 79.8 Å². The molecule has 25 heavy (non-hydrogen) atoms. The van der Waals surface area contributed by atoms with Crippen LogP contribution in [0.3, 0.4) is 0 Å². The summed E-state index contributed by atoms with van der Waals surface area (Å²) in [5, 5.41) is 14.7. The van der Waals surface area contributed by atoms with Gasteiger partial charge in [-0.25, -0.2) is 0 Å². The molecule has 2 aromatic carbocycles. The first-order valence-electron chi connectivity index (χ1n) is 7.32. The quantitative estimate of drug-likeness (QED) is 0.621. The van der Waals surface area contributed by atoms with Crippen molar-refractivity contribution >= 4 is 52.1 Å². The summed E-state index contributed by atoms with van der Waals surface area (Å²) in [5.41, 5.74) is 1.91. The van der Waals surface area contributed by atoms with Gasteiger partial charge in [0.25, 0.3) is 0 Å². The number of nitrogens with zero attached hydrogens (tertiary/aromatic N) is 3. The van der Waals surface area contributed by atoms with Crippen molar-refractivity contribution in [2.75, 3.05) is 10.6 Å². The molecule has 1 heterocycles. The summed E-state index contributed by atoms with van der Waals surface area (Å²) >= 11 is 12.1. The number of anilines is 4. The predicted octanol–water partition coefficient (Wildman–Crippen LogP) is 4.87. The molecule has 0 bridgehead atoms. The summed E-state index contributed by atoms with van der Waals surface area (Å²) in [5.74, 6) is 0.718. The molecule has 126 valence electrons. The number of halogens is 2. The van der Waals surface area contributed by atoms with E-state index in [-0.39, 0.29) is 11.7 Å². The van der Waals surface area contributed by atoms with Gasteiger partial charge in [0, 0.05) is 11.3 Å². The minimum Gasteiger partial charge on any atom is -0.339 e. The number of hydrogen-bond acceptors (Lipinski definition) is 6. The third kappa shape index (κ3) is 4.23. The van der Waals surface area contributed by atoms with Gasteiger partial charge in [-0.15, -0.1) is 5.10 Å². The Kier molecular flexibility index (Phi) is 5.11. The summed E-state index contributed by atoms with van der Waals surface area (Å²) in [6, 6.07) is 12.3. The van der Waals surface area contributed by atoms with E-state index in [0.29, 0.717) is 27.1 Å². The summed E-state index contributed by atoms with van der Waals surface area (Å²) in [7, 11) is 0. The maximum Gasteiger partial charge on any atom is 0.249 e. The van der Waals surface area contributed by atoms with E-state index in [0.717, 1.165) is 5.69 Å². The molecule has 0 unspecified atom stereocenters. The van der Waals surface area contributed by atoms with E-state index in [2.05, 4.69) is 25.8 Å². The number of aromatic nitrogens is 3. The lowest BCUT2D eigenvalue weighted by Gasteiger charge is -2.09. The Morgan fingerprint density at radius 3 is 2.68 bits per heavy atom. The first-order valence-corrected chi connectivity index (χ1v) is 8.07. The van der Waals surface area contributed by atoms with Gasteiger partial charge in [0.15, 0.2) is 11.6 Å². The third-order valence-corrected chi connectivity index (χ3v) is 4.12. The molecule has 0 aliphatic heterocycles. The highest BCUT2D eigenvalue weighted by molar-refractivity contribution is 6.43. The molecular formula is C17H13Cl2N5O. The zero-order chi connectivity index (χ0) is 17.8. The van der Waals surface area contributed by atoms with Crippen molar-refractivity contribution < 1.29 is 4.79 Å². The van der Waals surface area contributed by atoms with Crippen LogP contribution in [0.4, 0.5) is 23.1 Å². The van der Waals surface area contributed by atoms with E-state index < -0.39 is 0 Å². The second-order valence-electron chi connectivity index (χ2n) is 5.15. The van der Waals surface area contributed by atoms with E-state index >= 15 is 0 Å². The number of nitrogens with one attached hydrogen (secondary N) is 2. The van der Waals surface area contributed by atoms with E-state index in [1.165, 1.54) is 13.1 Å². The zero-order valence-corrected chi connectivity index (χ0v) is 14.6. The van der Waals surface area contributed by atoms with Crippen molar-refractivity contribution in [1.82, 2.24) is 15.2 Å². The van der Waals surface area contributed by atoms with Gasteiger partial charge in [-0.05, 0) is 31.2 Å². The standard InChI is InChI=1S/C17H13Cl2N5O/c1-10(25)11-4-2-5-12(8-11)21-15-9-20-24-17(23-15)22-14-7-3-6-13(18)16(14)19/h2-9H,1H3,(H2,21,22,23,24). The molecule has 0 saturated carbocycles. The lowest BCUT2D eigenvalue weighted by atomic mass is 10.1. The average Bonchev–Trinajstić information content (AvgIpc) is 2.59. The van der Waals surface area contributed by atoms with Crippen LogP contribution in [0.5, 0.6) is 0 Å². The Bertz CT molecular complexity index is 932. The molecule has 0 amide bonds. The molecule has 0 aliphatic carbocycles. The number of benzene rings is 2. The Balaban J connectivity index is 1.81. The highest BCUT2D eigenvalue weighted by Crippen LogP contribution is 2.31. The molecule has 0 fully saturated rings. The highest BCUT2D eigenvalue weighted by Gasteiger charge is 2.08. The fourth-order valence-corrected chi connectivity index (χ4v) is 2.45. The van der Waals surface area contributed by atoms with Gasteiger partial charge in [-0.1, -0.05) is 41.4 Å².